The van der Waals surface area contributed by atoms with Crippen LogP contribution < -0.4 is 0 Å². The van der Waals surface area contributed by atoms with Gasteiger partial charge in [-0.3, -0.25) is 4.79 Å². The maximum absolute atomic E-state index is 12.9. The Morgan fingerprint density at radius 3 is 2.36 bits per heavy atom. The van der Waals surface area contributed by atoms with E-state index in [1.54, 1.807) is 11.3 Å². The predicted octanol–water partition coefficient (Wildman–Crippen LogP) is 4.31. The number of carboxylic acid groups (broad SMARTS) is 1. The molecule has 0 bridgehead atoms. The molecule has 0 spiro atoms. The van der Waals surface area contributed by atoms with Crippen LogP contribution in [0.25, 0.3) is 0 Å². The first-order valence-corrected chi connectivity index (χ1v) is 10.6. The molecule has 4 nitrogen and oxygen atoms in total. The van der Waals surface area contributed by atoms with E-state index in [4.69, 9.17) is 0 Å². The van der Waals surface area contributed by atoms with Crippen molar-refractivity contribution in [2.24, 2.45) is 0 Å². The lowest BCUT2D eigenvalue weighted by atomic mass is 10.1. The van der Waals surface area contributed by atoms with E-state index in [0.717, 1.165) is 49.9 Å². The molecule has 1 N–H and O–H groups in total. The van der Waals surface area contributed by atoms with Crippen molar-refractivity contribution in [2.45, 2.75) is 48.7 Å². The highest BCUT2D eigenvalue weighted by atomic mass is 32.2. The second-order valence-corrected chi connectivity index (χ2v) is 9.02. The van der Waals surface area contributed by atoms with Crippen molar-refractivity contribution in [2.75, 3.05) is 0 Å². The number of carbonyl (C=O) groups is 1. The van der Waals surface area contributed by atoms with Gasteiger partial charge < -0.3 is 5.11 Å². The number of halogens is 1. The summed E-state index contributed by atoms with van der Waals surface area (Å²) in [7, 11) is -4.01. The maximum Gasteiger partial charge on any atom is 0.322 e. The average Bonchev–Trinajstić information content (AvgIpc) is 3.07. The van der Waals surface area contributed by atoms with Crippen molar-refractivity contribution in [1.29, 1.82) is 0 Å². The third-order valence-corrected chi connectivity index (χ3v) is 7.06. The molecule has 1 atom stereocenters. The Balaban J connectivity index is 1.85. The van der Waals surface area contributed by atoms with Crippen LogP contribution in [0.15, 0.2) is 46.7 Å². The van der Waals surface area contributed by atoms with Crippen LogP contribution in [0, 0.1) is 5.82 Å². The van der Waals surface area contributed by atoms with Gasteiger partial charge in [0.1, 0.15) is 5.82 Å². The molecule has 7 heteroatoms. The van der Waals surface area contributed by atoms with Crippen LogP contribution in [0.1, 0.15) is 37.0 Å². The summed E-state index contributed by atoms with van der Waals surface area (Å²) in [6, 6.07) is 8.37. The Morgan fingerprint density at radius 2 is 1.76 bits per heavy atom. The van der Waals surface area contributed by atoms with Gasteiger partial charge in [0.25, 0.3) is 0 Å². The molecule has 0 radical (unpaired) electrons. The molecule has 0 saturated carbocycles. The number of thiophene rings is 1. The van der Waals surface area contributed by atoms with Gasteiger partial charge in [0.15, 0.2) is 15.1 Å². The minimum absolute atomic E-state index is 0.0635. The molecule has 0 aliphatic heterocycles. The number of aliphatic carboxylic acids is 1. The number of hydrogen-bond donors (Lipinski definition) is 1. The number of carboxylic acids is 1. The zero-order valence-electron chi connectivity index (χ0n) is 13.7. The molecule has 0 saturated heterocycles. The van der Waals surface area contributed by atoms with Crippen molar-refractivity contribution < 1.29 is 22.7 Å². The Bertz CT molecular complexity index is 768. The molecular formula is C18H21FO4S2. The number of aryl methyl sites for hydroxylation is 1. The third kappa shape index (κ3) is 5.64. The number of sulfone groups is 1. The minimum atomic E-state index is -4.01. The molecule has 1 aromatic carbocycles. The SMILES string of the molecule is O=C(O)C(CCCCCCc1cccs1)S(=O)(=O)c1ccc(F)cc1. The summed E-state index contributed by atoms with van der Waals surface area (Å²) >= 11 is 1.71. The monoisotopic (exact) mass is 384 g/mol. The highest BCUT2D eigenvalue weighted by Gasteiger charge is 2.33. The summed E-state index contributed by atoms with van der Waals surface area (Å²) in [4.78, 5) is 12.6. The second-order valence-electron chi connectivity index (χ2n) is 5.86. The van der Waals surface area contributed by atoms with Gasteiger partial charge in [-0.15, -0.1) is 11.3 Å². The molecular weight excluding hydrogens is 363 g/mol. The average molecular weight is 384 g/mol. The fourth-order valence-electron chi connectivity index (χ4n) is 2.64. The van der Waals surface area contributed by atoms with E-state index in [-0.39, 0.29) is 11.3 Å². The van der Waals surface area contributed by atoms with E-state index < -0.39 is 26.9 Å². The van der Waals surface area contributed by atoms with Gasteiger partial charge in [0.2, 0.25) is 0 Å². The molecule has 0 aliphatic rings. The standard InChI is InChI=1S/C18H21FO4S2/c19-14-9-11-16(12-10-14)25(22,23)17(18(20)21)8-4-2-1-3-6-15-7-5-13-24-15/h5,7,9-13,17H,1-4,6,8H2,(H,20,21). The van der Waals surface area contributed by atoms with Crippen LogP contribution >= 0.6 is 11.3 Å². The lowest BCUT2D eigenvalue weighted by Gasteiger charge is -2.13. The fraction of sp³-hybridized carbons (Fsp3) is 0.389. The number of hydrogen-bond acceptors (Lipinski definition) is 4. The van der Waals surface area contributed by atoms with Gasteiger partial charge >= 0.3 is 5.97 Å². The number of unbranched alkanes of at least 4 members (excludes halogenated alkanes) is 3. The molecule has 136 valence electrons. The van der Waals surface area contributed by atoms with Crippen molar-refractivity contribution in [1.82, 2.24) is 0 Å². The van der Waals surface area contributed by atoms with Crippen molar-refractivity contribution in [3.63, 3.8) is 0 Å². The quantitative estimate of drug-likeness (QED) is 0.489. The Hall–Kier alpha value is -1.73. The summed E-state index contributed by atoms with van der Waals surface area (Å²) in [5.74, 6) is -1.92. The third-order valence-electron chi connectivity index (χ3n) is 4.01. The normalized spacial score (nSPS) is 12.8. The van der Waals surface area contributed by atoms with Gasteiger partial charge in [-0.2, -0.15) is 0 Å². The van der Waals surface area contributed by atoms with Gasteiger partial charge in [-0.25, -0.2) is 12.8 Å². The Kier molecular flexibility index (Phi) is 7.13. The van der Waals surface area contributed by atoms with Gasteiger partial charge in [-0.05, 0) is 55.0 Å². The number of benzene rings is 1. The molecule has 2 rings (SSSR count). The summed E-state index contributed by atoms with van der Waals surface area (Å²) in [6.45, 7) is 0. The Morgan fingerprint density at radius 1 is 1.08 bits per heavy atom. The van der Waals surface area contributed by atoms with Crippen LogP contribution in [0.3, 0.4) is 0 Å². The van der Waals surface area contributed by atoms with Crippen molar-refractivity contribution in [3.05, 3.63) is 52.5 Å². The Labute approximate surface area is 151 Å². The molecule has 1 aromatic heterocycles. The van der Waals surface area contributed by atoms with E-state index in [2.05, 4.69) is 6.07 Å². The molecule has 0 aliphatic carbocycles. The van der Waals surface area contributed by atoms with Crippen molar-refractivity contribution in [3.8, 4) is 0 Å². The fourth-order valence-corrected chi connectivity index (χ4v) is 4.97. The summed E-state index contributed by atoms with van der Waals surface area (Å²) in [5, 5.41) is 9.84. The number of rotatable bonds is 10. The van der Waals surface area contributed by atoms with Crippen molar-refractivity contribution >= 4 is 27.1 Å². The largest absolute Gasteiger partial charge is 0.480 e. The smallest absolute Gasteiger partial charge is 0.322 e. The van der Waals surface area contributed by atoms with Crippen LogP contribution in [0.5, 0.6) is 0 Å². The molecule has 25 heavy (non-hydrogen) atoms. The molecule has 1 unspecified atom stereocenters. The first kappa shape index (κ1) is 19.6. The topological polar surface area (TPSA) is 71.4 Å². The highest BCUT2D eigenvalue weighted by molar-refractivity contribution is 7.92. The van der Waals surface area contributed by atoms with Gasteiger partial charge in [-0.1, -0.05) is 25.3 Å². The zero-order chi connectivity index (χ0) is 18.3. The molecule has 0 fully saturated rings. The lowest BCUT2D eigenvalue weighted by molar-refractivity contribution is -0.136. The van der Waals surface area contributed by atoms with Crippen LogP contribution in [-0.2, 0) is 21.1 Å². The van der Waals surface area contributed by atoms with Crippen LogP contribution in [0.2, 0.25) is 0 Å². The first-order chi connectivity index (χ1) is 11.9. The molecule has 1 heterocycles. The second kappa shape index (κ2) is 9.10. The molecule has 0 amide bonds. The summed E-state index contributed by atoms with van der Waals surface area (Å²) in [5.41, 5.74) is 0. The predicted molar refractivity (Wildman–Crippen MR) is 96.1 cm³/mol. The van der Waals surface area contributed by atoms with E-state index in [0.29, 0.717) is 6.42 Å². The van der Waals surface area contributed by atoms with E-state index in [1.807, 2.05) is 11.4 Å². The summed E-state index contributed by atoms with van der Waals surface area (Å²) < 4.78 is 37.9. The zero-order valence-corrected chi connectivity index (χ0v) is 15.4. The van der Waals surface area contributed by atoms with E-state index in [1.165, 1.54) is 4.88 Å². The lowest BCUT2D eigenvalue weighted by Crippen LogP contribution is -2.30. The first-order valence-electron chi connectivity index (χ1n) is 8.16. The van der Waals surface area contributed by atoms with Crippen LogP contribution in [0.4, 0.5) is 4.39 Å². The maximum atomic E-state index is 12.9. The minimum Gasteiger partial charge on any atom is -0.480 e. The molecule has 2 aromatic rings. The van der Waals surface area contributed by atoms with E-state index in [9.17, 15) is 22.7 Å². The highest BCUT2D eigenvalue weighted by Crippen LogP contribution is 2.22. The van der Waals surface area contributed by atoms with E-state index >= 15 is 0 Å². The van der Waals surface area contributed by atoms with Crippen LogP contribution in [-0.4, -0.2) is 24.7 Å². The van der Waals surface area contributed by atoms with Gasteiger partial charge in [0, 0.05) is 4.88 Å². The van der Waals surface area contributed by atoms with Gasteiger partial charge in [0.05, 0.1) is 4.90 Å². The summed E-state index contributed by atoms with van der Waals surface area (Å²) in [6.07, 6.45) is 4.31.